The Bertz CT molecular complexity index is 603. The summed E-state index contributed by atoms with van der Waals surface area (Å²) in [5, 5.41) is 5.42. The fourth-order valence-corrected chi connectivity index (χ4v) is 2.60. The van der Waals surface area contributed by atoms with Gasteiger partial charge < -0.3 is 4.74 Å². The van der Waals surface area contributed by atoms with Gasteiger partial charge >= 0.3 is 0 Å². The summed E-state index contributed by atoms with van der Waals surface area (Å²) < 4.78 is 5.55. The van der Waals surface area contributed by atoms with Gasteiger partial charge in [-0.3, -0.25) is 10.1 Å². The number of amides is 1. The van der Waals surface area contributed by atoms with Crippen LogP contribution in [0.2, 0.25) is 0 Å². The molecular weight excluding hydrogens is 284 g/mol. The zero-order valence-corrected chi connectivity index (χ0v) is 13.5. The molecule has 0 atom stereocenters. The fraction of sp³-hybridized carbons (Fsp3) is 0.375. The number of hydrogen-bond acceptors (Lipinski definition) is 4. The number of aromatic nitrogens is 1. The number of nitrogens with zero attached hydrogens (tertiary/aromatic N) is 1. The van der Waals surface area contributed by atoms with Crippen LogP contribution in [0.15, 0.2) is 29.6 Å². The number of rotatable bonds is 5. The Labute approximate surface area is 129 Å². The van der Waals surface area contributed by atoms with Crippen LogP contribution in [0.4, 0.5) is 5.13 Å². The van der Waals surface area contributed by atoms with Crippen molar-refractivity contribution in [1.82, 2.24) is 4.98 Å². The van der Waals surface area contributed by atoms with Crippen LogP contribution in [0.3, 0.4) is 0 Å². The van der Waals surface area contributed by atoms with E-state index in [9.17, 15) is 4.79 Å². The van der Waals surface area contributed by atoms with Crippen molar-refractivity contribution in [3.63, 3.8) is 0 Å². The van der Waals surface area contributed by atoms with Crippen molar-refractivity contribution in [2.75, 3.05) is 5.32 Å². The quantitative estimate of drug-likeness (QED) is 0.895. The van der Waals surface area contributed by atoms with Crippen molar-refractivity contribution in [3.05, 3.63) is 40.9 Å². The minimum atomic E-state index is -0.157. The van der Waals surface area contributed by atoms with Crippen LogP contribution in [0.25, 0.3) is 0 Å². The first-order valence-electron chi connectivity index (χ1n) is 6.99. The maximum atomic E-state index is 12.1. The van der Waals surface area contributed by atoms with Crippen LogP contribution < -0.4 is 10.1 Å². The lowest BCUT2D eigenvalue weighted by atomic mass is 10.2. The molecule has 21 heavy (non-hydrogen) atoms. The molecule has 0 aliphatic rings. The molecule has 2 aromatic rings. The lowest BCUT2D eigenvalue weighted by molar-refractivity contribution is 0.102. The normalized spacial score (nSPS) is 11.0. The second-order valence-corrected chi connectivity index (χ2v) is 6.24. The van der Waals surface area contributed by atoms with Crippen molar-refractivity contribution in [2.45, 2.75) is 39.7 Å². The standard InChI is InChI=1S/C16H20N2O2S/c1-10(2)14-9-21-16(17-14)18-15(19)12-5-7-13(8-6-12)20-11(3)4/h5-11H,1-4H3,(H,17,18,19). The maximum Gasteiger partial charge on any atom is 0.257 e. The summed E-state index contributed by atoms with van der Waals surface area (Å²) >= 11 is 1.44. The van der Waals surface area contributed by atoms with Crippen molar-refractivity contribution < 1.29 is 9.53 Å². The molecule has 0 fully saturated rings. The van der Waals surface area contributed by atoms with Gasteiger partial charge in [0.2, 0.25) is 0 Å². The molecule has 1 heterocycles. The third kappa shape index (κ3) is 4.29. The van der Waals surface area contributed by atoms with Gasteiger partial charge in [-0.05, 0) is 44.0 Å². The molecule has 0 spiro atoms. The Morgan fingerprint density at radius 2 is 1.86 bits per heavy atom. The first-order valence-corrected chi connectivity index (χ1v) is 7.87. The van der Waals surface area contributed by atoms with E-state index in [2.05, 4.69) is 24.1 Å². The van der Waals surface area contributed by atoms with Crippen molar-refractivity contribution in [2.24, 2.45) is 0 Å². The highest BCUT2D eigenvalue weighted by atomic mass is 32.1. The van der Waals surface area contributed by atoms with Crippen LogP contribution in [0.1, 0.15) is 49.7 Å². The monoisotopic (exact) mass is 304 g/mol. The zero-order valence-electron chi connectivity index (χ0n) is 12.7. The smallest absolute Gasteiger partial charge is 0.257 e. The molecule has 112 valence electrons. The lowest BCUT2D eigenvalue weighted by Gasteiger charge is -2.09. The van der Waals surface area contributed by atoms with Gasteiger partial charge in [0.15, 0.2) is 5.13 Å². The van der Waals surface area contributed by atoms with Gasteiger partial charge in [0, 0.05) is 10.9 Å². The van der Waals surface area contributed by atoms with E-state index in [4.69, 9.17) is 4.74 Å². The molecule has 2 rings (SSSR count). The highest BCUT2D eigenvalue weighted by Gasteiger charge is 2.10. The van der Waals surface area contributed by atoms with Crippen LogP contribution in [0, 0.1) is 0 Å². The predicted octanol–water partition coefficient (Wildman–Crippen LogP) is 4.31. The van der Waals surface area contributed by atoms with Gasteiger partial charge in [-0.15, -0.1) is 11.3 Å². The largest absolute Gasteiger partial charge is 0.491 e. The summed E-state index contributed by atoms with van der Waals surface area (Å²) in [4.78, 5) is 16.5. The molecule has 0 unspecified atom stereocenters. The number of nitrogens with one attached hydrogen (secondary N) is 1. The molecule has 4 nitrogen and oxygen atoms in total. The number of carbonyl (C=O) groups excluding carboxylic acids is 1. The molecule has 0 aliphatic carbocycles. The van der Waals surface area contributed by atoms with Gasteiger partial charge in [0.1, 0.15) is 5.75 Å². The molecular formula is C16H20N2O2S. The second kappa shape index (κ2) is 6.72. The van der Waals surface area contributed by atoms with Crippen LogP contribution >= 0.6 is 11.3 Å². The van der Waals surface area contributed by atoms with Gasteiger partial charge in [0.05, 0.1) is 11.8 Å². The Morgan fingerprint density at radius 1 is 1.19 bits per heavy atom. The molecule has 1 amide bonds. The van der Waals surface area contributed by atoms with Gasteiger partial charge in [-0.25, -0.2) is 4.98 Å². The third-order valence-electron chi connectivity index (χ3n) is 2.82. The zero-order chi connectivity index (χ0) is 15.4. The number of carbonyl (C=O) groups is 1. The van der Waals surface area contributed by atoms with E-state index < -0.39 is 0 Å². The van der Waals surface area contributed by atoms with Crippen molar-refractivity contribution in [1.29, 1.82) is 0 Å². The van der Waals surface area contributed by atoms with Crippen LogP contribution in [-0.2, 0) is 0 Å². The summed E-state index contributed by atoms with van der Waals surface area (Å²) in [5.41, 5.74) is 1.59. The summed E-state index contributed by atoms with van der Waals surface area (Å²) in [6.45, 7) is 8.09. The van der Waals surface area contributed by atoms with Gasteiger partial charge in [-0.2, -0.15) is 0 Å². The number of benzene rings is 1. The molecule has 0 aliphatic heterocycles. The minimum absolute atomic E-state index is 0.120. The molecule has 0 saturated heterocycles. The highest BCUT2D eigenvalue weighted by Crippen LogP contribution is 2.22. The number of hydrogen-bond donors (Lipinski definition) is 1. The second-order valence-electron chi connectivity index (χ2n) is 5.38. The van der Waals surface area contributed by atoms with E-state index in [0.29, 0.717) is 16.6 Å². The average Bonchev–Trinajstić information content (AvgIpc) is 2.87. The summed E-state index contributed by atoms with van der Waals surface area (Å²) in [6, 6.07) is 7.11. The topological polar surface area (TPSA) is 51.2 Å². The van der Waals surface area contributed by atoms with E-state index in [1.165, 1.54) is 11.3 Å². The van der Waals surface area contributed by atoms with Gasteiger partial charge in [-0.1, -0.05) is 13.8 Å². The fourth-order valence-electron chi connectivity index (χ4n) is 1.74. The molecule has 1 N–H and O–H groups in total. The third-order valence-corrected chi connectivity index (χ3v) is 3.60. The summed E-state index contributed by atoms with van der Waals surface area (Å²) in [7, 11) is 0. The Hall–Kier alpha value is -1.88. The first-order chi connectivity index (χ1) is 9.95. The summed E-state index contributed by atoms with van der Waals surface area (Å²) in [6.07, 6.45) is 0.120. The first kappa shape index (κ1) is 15.5. The molecule has 0 saturated carbocycles. The Morgan fingerprint density at radius 3 is 2.38 bits per heavy atom. The molecule has 0 bridgehead atoms. The lowest BCUT2D eigenvalue weighted by Crippen LogP contribution is -2.12. The Balaban J connectivity index is 2.02. The van der Waals surface area contributed by atoms with Crippen molar-refractivity contribution >= 4 is 22.4 Å². The molecule has 5 heteroatoms. The molecule has 1 aromatic heterocycles. The average molecular weight is 304 g/mol. The Kier molecular flexibility index (Phi) is 4.96. The van der Waals surface area contributed by atoms with Crippen LogP contribution in [0.5, 0.6) is 5.75 Å². The minimum Gasteiger partial charge on any atom is -0.491 e. The van der Waals surface area contributed by atoms with Gasteiger partial charge in [0.25, 0.3) is 5.91 Å². The van der Waals surface area contributed by atoms with E-state index >= 15 is 0 Å². The van der Waals surface area contributed by atoms with E-state index in [-0.39, 0.29) is 12.0 Å². The molecule has 0 radical (unpaired) electrons. The SMILES string of the molecule is CC(C)Oc1ccc(C(=O)Nc2nc(C(C)C)cs2)cc1. The van der Waals surface area contributed by atoms with Crippen molar-refractivity contribution in [3.8, 4) is 5.75 Å². The van der Waals surface area contributed by atoms with E-state index in [0.717, 1.165) is 11.4 Å². The molecule has 1 aromatic carbocycles. The summed E-state index contributed by atoms with van der Waals surface area (Å²) in [5.74, 6) is 0.966. The predicted molar refractivity (Wildman–Crippen MR) is 86.4 cm³/mol. The number of ether oxygens (including phenoxy) is 1. The highest BCUT2D eigenvalue weighted by molar-refractivity contribution is 7.14. The number of thiazole rings is 1. The maximum absolute atomic E-state index is 12.1. The van der Waals surface area contributed by atoms with Crippen LogP contribution in [-0.4, -0.2) is 17.0 Å². The van der Waals surface area contributed by atoms with E-state index in [1.54, 1.807) is 24.3 Å². The number of anilines is 1. The van der Waals surface area contributed by atoms with E-state index in [1.807, 2.05) is 19.2 Å².